The van der Waals surface area contributed by atoms with Gasteiger partial charge in [-0.1, -0.05) is 49.4 Å². The van der Waals surface area contributed by atoms with E-state index in [-0.39, 0.29) is 18.6 Å². The minimum atomic E-state index is -0.332. The van der Waals surface area contributed by atoms with Gasteiger partial charge in [-0.25, -0.2) is 0 Å². The summed E-state index contributed by atoms with van der Waals surface area (Å²) < 4.78 is 1.67. The predicted molar refractivity (Wildman–Crippen MR) is 90.7 cm³/mol. The summed E-state index contributed by atoms with van der Waals surface area (Å²) >= 11 is 0. The molecule has 1 heterocycles. The summed E-state index contributed by atoms with van der Waals surface area (Å²) in [5.74, 6) is -0.0250. The van der Waals surface area contributed by atoms with E-state index >= 15 is 0 Å². The largest absolute Gasteiger partial charge is 0.395 e. The van der Waals surface area contributed by atoms with Gasteiger partial charge in [0.2, 0.25) is 5.91 Å². The lowest BCUT2D eigenvalue weighted by molar-refractivity contribution is -0.135. The number of aromatic nitrogens is 2. The van der Waals surface area contributed by atoms with Crippen LogP contribution in [0.25, 0.3) is 6.08 Å². The van der Waals surface area contributed by atoms with Gasteiger partial charge < -0.3 is 10.0 Å². The average Bonchev–Trinajstić information content (AvgIpc) is 3.10. The Hall–Kier alpha value is -2.40. The first-order chi connectivity index (χ1) is 11.3. The Morgan fingerprint density at radius 3 is 2.74 bits per heavy atom. The van der Waals surface area contributed by atoms with Crippen molar-refractivity contribution in [3.05, 3.63) is 60.4 Å². The second-order valence-electron chi connectivity index (χ2n) is 5.23. The molecule has 1 amide bonds. The highest BCUT2D eigenvalue weighted by Gasteiger charge is 2.23. The van der Waals surface area contributed by atoms with Crippen LogP contribution in [-0.4, -0.2) is 45.4 Å². The van der Waals surface area contributed by atoms with E-state index < -0.39 is 0 Å². The van der Waals surface area contributed by atoms with Crippen LogP contribution in [0.1, 0.15) is 24.9 Å². The summed E-state index contributed by atoms with van der Waals surface area (Å²) in [5, 5.41) is 13.4. The average molecular weight is 313 g/mol. The normalized spacial score (nSPS) is 12.4. The maximum Gasteiger partial charge on any atom is 0.247 e. The van der Waals surface area contributed by atoms with Crippen LogP contribution >= 0.6 is 0 Å². The monoisotopic (exact) mass is 313 g/mol. The maximum absolute atomic E-state index is 12.7. The lowest BCUT2D eigenvalue weighted by atomic mass is 10.2. The highest BCUT2D eigenvalue weighted by Crippen LogP contribution is 2.14. The SMILES string of the molecule is CCC(C(=O)N(CC=Cc1ccccc1)CCO)n1cccn1. The van der Waals surface area contributed by atoms with Crippen molar-refractivity contribution in [3.8, 4) is 0 Å². The fourth-order valence-electron chi connectivity index (χ4n) is 2.44. The fourth-order valence-corrected chi connectivity index (χ4v) is 2.44. The highest BCUT2D eigenvalue weighted by molar-refractivity contribution is 5.80. The first-order valence-electron chi connectivity index (χ1n) is 7.86. The maximum atomic E-state index is 12.7. The van der Waals surface area contributed by atoms with Gasteiger partial charge in [-0.2, -0.15) is 5.10 Å². The number of aliphatic hydroxyl groups excluding tert-OH is 1. The van der Waals surface area contributed by atoms with E-state index in [9.17, 15) is 9.90 Å². The van der Waals surface area contributed by atoms with Gasteiger partial charge in [-0.3, -0.25) is 9.48 Å². The standard InChI is InChI=1S/C18H23N3O2/c1-2-17(21-13-7-11-19-21)18(23)20(14-15-22)12-6-10-16-8-4-3-5-9-16/h3-11,13,17,22H,2,12,14-15H2,1H3. The van der Waals surface area contributed by atoms with E-state index in [4.69, 9.17) is 0 Å². The Labute approximate surface area is 136 Å². The lowest BCUT2D eigenvalue weighted by Crippen LogP contribution is -2.39. The molecule has 1 unspecified atom stereocenters. The molecule has 0 spiro atoms. The second-order valence-corrected chi connectivity index (χ2v) is 5.23. The Morgan fingerprint density at radius 1 is 1.35 bits per heavy atom. The van der Waals surface area contributed by atoms with Gasteiger partial charge in [0.1, 0.15) is 6.04 Å². The smallest absolute Gasteiger partial charge is 0.247 e. The number of carbonyl (C=O) groups is 1. The lowest BCUT2D eigenvalue weighted by Gasteiger charge is -2.25. The molecule has 1 aromatic heterocycles. The van der Waals surface area contributed by atoms with Crippen LogP contribution in [0.2, 0.25) is 0 Å². The molecule has 0 saturated heterocycles. The van der Waals surface area contributed by atoms with E-state index in [2.05, 4.69) is 5.10 Å². The third kappa shape index (κ3) is 4.79. The Bertz CT molecular complexity index is 608. The fraction of sp³-hybridized carbons (Fsp3) is 0.333. The van der Waals surface area contributed by atoms with Crippen molar-refractivity contribution in [3.63, 3.8) is 0 Å². The molecular formula is C18H23N3O2. The molecular weight excluding hydrogens is 290 g/mol. The Balaban J connectivity index is 2.04. The topological polar surface area (TPSA) is 58.4 Å². The Kier molecular flexibility index (Phi) is 6.56. The molecule has 2 aromatic rings. The van der Waals surface area contributed by atoms with Crippen molar-refractivity contribution < 1.29 is 9.90 Å². The molecule has 1 aromatic carbocycles. The third-order valence-corrected chi connectivity index (χ3v) is 3.63. The van der Waals surface area contributed by atoms with Crippen LogP contribution in [0, 0.1) is 0 Å². The number of amides is 1. The Morgan fingerprint density at radius 2 is 2.13 bits per heavy atom. The van der Waals surface area contributed by atoms with E-state index in [0.717, 1.165) is 5.56 Å². The zero-order chi connectivity index (χ0) is 16.5. The van der Waals surface area contributed by atoms with Crippen LogP contribution in [0.4, 0.5) is 0 Å². The molecule has 122 valence electrons. The summed E-state index contributed by atoms with van der Waals surface area (Å²) in [6.45, 7) is 2.68. The van der Waals surface area contributed by atoms with Gasteiger partial charge in [0.05, 0.1) is 6.61 Å². The first-order valence-corrected chi connectivity index (χ1v) is 7.86. The van der Waals surface area contributed by atoms with Crippen molar-refractivity contribution in [2.24, 2.45) is 0 Å². The zero-order valence-electron chi connectivity index (χ0n) is 13.4. The molecule has 1 atom stereocenters. The molecule has 0 aliphatic rings. The number of hydrogen-bond acceptors (Lipinski definition) is 3. The van der Waals surface area contributed by atoms with E-state index in [1.54, 1.807) is 22.0 Å². The van der Waals surface area contributed by atoms with Gasteiger partial charge in [0, 0.05) is 25.5 Å². The third-order valence-electron chi connectivity index (χ3n) is 3.63. The van der Waals surface area contributed by atoms with E-state index in [0.29, 0.717) is 19.5 Å². The van der Waals surface area contributed by atoms with Crippen molar-refractivity contribution in [2.45, 2.75) is 19.4 Å². The summed E-state index contributed by atoms with van der Waals surface area (Å²) in [4.78, 5) is 14.4. The van der Waals surface area contributed by atoms with E-state index in [1.165, 1.54) is 0 Å². The summed E-state index contributed by atoms with van der Waals surface area (Å²) in [5.41, 5.74) is 1.09. The van der Waals surface area contributed by atoms with Crippen LogP contribution in [0.3, 0.4) is 0 Å². The molecule has 5 nitrogen and oxygen atoms in total. The van der Waals surface area contributed by atoms with Crippen molar-refractivity contribution >= 4 is 12.0 Å². The molecule has 1 N–H and O–H groups in total. The minimum absolute atomic E-state index is 0.0250. The molecule has 5 heteroatoms. The highest BCUT2D eigenvalue weighted by atomic mass is 16.3. The molecule has 0 aliphatic carbocycles. The molecule has 0 bridgehead atoms. The van der Waals surface area contributed by atoms with Crippen LogP contribution in [0.5, 0.6) is 0 Å². The first kappa shape index (κ1) is 17.0. The number of nitrogens with zero attached hydrogens (tertiary/aromatic N) is 3. The van der Waals surface area contributed by atoms with Crippen LogP contribution < -0.4 is 0 Å². The number of aliphatic hydroxyl groups is 1. The van der Waals surface area contributed by atoms with Crippen molar-refractivity contribution in [1.29, 1.82) is 0 Å². The van der Waals surface area contributed by atoms with Crippen LogP contribution in [-0.2, 0) is 4.79 Å². The van der Waals surface area contributed by atoms with Crippen molar-refractivity contribution in [1.82, 2.24) is 14.7 Å². The van der Waals surface area contributed by atoms with Gasteiger partial charge in [0.25, 0.3) is 0 Å². The molecule has 2 rings (SSSR count). The number of carbonyl (C=O) groups excluding carboxylic acids is 1. The minimum Gasteiger partial charge on any atom is -0.395 e. The van der Waals surface area contributed by atoms with Crippen LogP contribution in [0.15, 0.2) is 54.9 Å². The molecule has 23 heavy (non-hydrogen) atoms. The molecule has 0 radical (unpaired) electrons. The molecule has 0 aliphatic heterocycles. The quantitative estimate of drug-likeness (QED) is 0.814. The summed E-state index contributed by atoms with van der Waals surface area (Å²) in [6.07, 6.45) is 8.04. The van der Waals surface area contributed by atoms with Gasteiger partial charge in [-0.15, -0.1) is 0 Å². The number of benzene rings is 1. The second kappa shape index (κ2) is 8.90. The number of rotatable bonds is 8. The van der Waals surface area contributed by atoms with Gasteiger partial charge in [0.15, 0.2) is 0 Å². The summed E-state index contributed by atoms with van der Waals surface area (Å²) in [6, 6.07) is 11.4. The predicted octanol–water partition coefficient (Wildman–Crippen LogP) is 2.37. The molecule has 0 fully saturated rings. The van der Waals surface area contributed by atoms with Crippen molar-refractivity contribution in [2.75, 3.05) is 19.7 Å². The molecule has 0 saturated carbocycles. The van der Waals surface area contributed by atoms with Gasteiger partial charge >= 0.3 is 0 Å². The zero-order valence-corrected chi connectivity index (χ0v) is 13.4. The number of hydrogen-bond donors (Lipinski definition) is 1. The van der Waals surface area contributed by atoms with Gasteiger partial charge in [-0.05, 0) is 18.1 Å². The van der Waals surface area contributed by atoms with E-state index in [1.807, 2.05) is 55.5 Å². The summed E-state index contributed by atoms with van der Waals surface area (Å²) in [7, 11) is 0.